The highest BCUT2D eigenvalue weighted by Gasteiger charge is 2.11. The number of carbonyl (C=O) groups excluding carboxylic acids is 1. The van der Waals surface area contributed by atoms with E-state index in [0.29, 0.717) is 12.5 Å². The minimum atomic E-state index is -0.264. The fourth-order valence-corrected chi connectivity index (χ4v) is 2.35. The molecule has 0 spiro atoms. The number of nitrogens with zero attached hydrogens (tertiary/aromatic N) is 2. The van der Waals surface area contributed by atoms with Crippen LogP contribution in [0.4, 0.5) is 4.79 Å². The molecule has 0 saturated heterocycles. The van der Waals surface area contributed by atoms with Gasteiger partial charge >= 0.3 is 6.03 Å². The van der Waals surface area contributed by atoms with Gasteiger partial charge in [-0.3, -0.25) is 0 Å². The maximum absolute atomic E-state index is 12.0. The predicted octanol–water partition coefficient (Wildman–Crippen LogP) is 2.81. The number of hydrogen-bond acceptors (Lipinski definition) is 3. The Hall–Kier alpha value is -2.50. The van der Waals surface area contributed by atoms with E-state index in [9.17, 15) is 9.90 Å². The van der Waals surface area contributed by atoms with E-state index in [1.54, 1.807) is 24.4 Å². The Bertz CT molecular complexity index is 652. The van der Waals surface area contributed by atoms with Crippen molar-refractivity contribution in [1.82, 2.24) is 20.2 Å². The quantitative estimate of drug-likeness (QED) is 0.766. The van der Waals surface area contributed by atoms with Crippen LogP contribution in [0.2, 0.25) is 0 Å². The van der Waals surface area contributed by atoms with Gasteiger partial charge in [0.25, 0.3) is 0 Å². The van der Waals surface area contributed by atoms with E-state index < -0.39 is 0 Å². The van der Waals surface area contributed by atoms with Gasteiger partial charge in [-0.15, -0.1) is 0 Å². The molecule has 6 heteroatoms. The van der Waals surface area contributed by atoms with Crippen LogP contribution in [0.25, 0.3) is 0 Å². The lowest BCUT2D eigenvalue weighted by Gasteiger charge is -2.16. The van der Waals surface area contributed by atoms with Gasteiger partial charge < -0.3 is 20.3 Å². The molecule has 1 aromatic heterocycles. The molecular formula is C17H24N4O2. The number of rotatable bonds is 6. The van der Waals surface area contributed by atoms with Gasteiger partial charge in [0.2, 0.25) is 0 Å². The average molecular weight is 316 g/mol. The van der Waals surface area contributed by atoms with Gasteiger partial charge in [-0.25, -0.2) is 9.78 Å². The zero-order valence-corrected chi connectivity index (χ0v) is 13.8. The van der Waals surface area contributed by atoms with Crippen LogP contribution in [0.5, 0.6) is 5.75 Å². The minimum absolute atomic E-state index is 0.187. The highest BCUT2D eigenvalue weighted by atomic mass is 16.3. The second-order valence-corrected chi connectivity index (χ2v) is 6.03. The lowest BCUT2D eigenvalue weighted by atomic mass is 10.1. The summed E-state index contributed by atoms with van der Waals surface area (Å²) in [4.78, 5) is 16.3. The highest BCUT2D eigenvalue weighted by Crippen LogP contribution is 2.17. The molecule has 0 unspecified atom stereocenters. The average Bonchev–Trinajstić information content (AvgIpc) is 2.91. The molecule has 0 fully saturated rings. The third kappa shape index (κ3) is 5.02. The number of nitrogens with one attached hydrogen (secondary N) is 2. The molecule has 0 saturated carbocycles. The van der Waals surface area contributed by atoms with Crippen molar-refractivity contribution in [3.8, 4) is 5.75 Å². The molecule has 3 N–H and O–H groups in total. The molecule has 1 aromatic carbocycles. The van der Waals surface area contributed by atoms with Gasteiger partial charge in [0.15, 0.2) is 0 Å². The molecule has 0 aliphatic heterocycles. The lowest BCUT2D eigenvalue weighted by molar-refractivity contribution is 0.237. The first-order valence-electron chi connectivity index (χ1n) is 7.79. The van der Waals surface area contributed by atoms with Crippen molar-refractivity contribution in [2.24, 2.45) is 5.92 Å². The summed E-state index contributed by atoms with van der Waals surface area (Å²) in [6.45, 7) is 7.40. The summed E-state index contributed by atoms with van der Waals surface area (Å²) >= 11 is 0. The van der Waals surface area contributed by atoms with Crippen LogP contribution in [-0.2, 0) is 13.1 Å². The van der Waals surface area contributed by atoms with Gasteiger partial charge in [-0.05, 0) is 30.5 Å². The summed E-state index contributed by atoms with van der Waals surface area (Å²) in [6.07, 6.45) is 3.66. The molecule has 1 atom stereocenters. The first kappa shape index (κ1) is 16.9. The molecule has 2 aromatic rings. The molecule has 124 valence electrons. The zero-order valence-electron chi connectivity index (χ0n) is 13.8. The number of benzene rings is 1. The van der Waals surface area contributed by atoms with Gasteiger partial charge in [0.1, 0.15) is 11.6 Å². The van der Waals surface area contributed by atoms with Crippen molar-refractivity contribution in [2.75, 3.05) is 0 Å². The summed E-state index contributed by atoms with van der Waals surface area (Å²) in [5, 5.41) is 15.2. The summed E-state index contributed by atoms with van der Waals surface area (Å²) in [6, 6.07) is 6.40. The fraction of sp³-hybridized carbons (Fsp3) is 0.412. The number of phenolic OH excluding ortho intramolecular Hbond substituents is 1. The third-order valence-electron chi connectivity index (χ3n) is 3.49. The largest absolute Gasteiger partial charge is 0.508 e. The first-order valence-corrected chi connectivity index (χ1v) is 7.79. The van der Waals surface area contributed by atoms with Crippen molar-refractivity contribution in [1.29, 1.82) is 0 Å². The van der Waals surface area contributed by atoms with E-state index in [4.69, 9.17) is 0 Å². The van der Waals surface area contributed by atoms with E-state index in [-0.39, 0.29) is 17.8 Å². The molecular weight excluding hydrogens is 292 g/mol. The molecule has 0 aliphatic carbocycles. The normalized spacial score (nSPS) is 12.2. The molecule has 6 nitrogen and oxygen atoms in total. The van der Waals surface area contributed by atoms with Crippen molar-refractivity contribution in [2.45, 2.75) is 39.9 Å². The third-order valence-corrected chi connectivity index (χ3v) is 3.49. The highest BCUT2D eigenvalue weighted by molar-refractivity contribution is 5.74. The van der Waals surface area contributed by atoms with Gasteiger partial charge in [0, 0.05) is 18.9 Å². The Morgan fingerprint density at radius 3 is 2.83 bits per heavy atom. The topological polar surface area (TPSA) is 79.2 Å². The Labute approximate surface area is 136 Å². The van der Waals surface area contributed by atoms with Crippen LogP contribution in [-0.4, -0.2) is 20.7 Å². The molecule has 2 rings (SSSR count). The van der Waals surface area contributed by atoms with Crippen LogP contribution in [0.1, 0.15) is 38.2 Å². The van der Waals surface area contributed by atoms with Crippen LogP contribution in [0, 0.1) is 5.92 Å². The second kappa shape index (κ2) is 7.67. The SMILES string of the molecule is CC(C)Cn1ccnc1CNC(=O)N[C@@H](C)c1cccc(O)c1. The smallest absolute Gasteiger partial charge is 0.315 e. The fourth-order valence-electron chi connectivity index (χ4n) is 2.35. The first-order chi connectivity index (χ1) is 11.0. The number of hydrogen-bond donors (Lipinski definition) is 3. The van der Waals surface area contributed by atoms with Crippen LogP contribution in [0.3, 0.4) is 0 Å². The van der Waals surface area contributed by atoms with Gasteiger partial charge in [-0.2, -0.15) is 0 Å². The molecule has 1 heterocycles. The van der Waals surface area contributed by atoms with Crippen molar-refractivity contribution in [3.63, 3.8) is 0 Å². The Kier molecular flexibility index (Phi) is 5.62. The summed E-state index contributed by atoms with van der Waals surface area (Å²) in [7, 11) is 0. The van der Waals surface area contributed by atoms with E-state index >= 15 is 0 Å². The van der Waals surface area contributed by atoms with Crippen LogP contribution >= 0.6 is 0 Å². The standard InChI is InChI=1S/C17H24N4O2/c1-12(2)11-21-8-7-18-16(21)10-19-17(23)20-13(3)14-5-4-6-15(22)9-14/h4-9,12-13,22H,10-11H2,1-3H3,(H2,19,20,23)/t13-/m0/s1. The Morgan fingerprint density at radius 1 is 1.35 bits per heavy atom. The van der Waals surface area contributed by atoms with Gasteiger partial charge in [0.05, 0.1) is 12.6 Å². The zero-order chi connectivity index (χ0) is 16.8. The van der Waals surface area contributed by atoms with Gasteiger partial charge in [-0.1, -0.05) is 26.0 Å². The number of aromatic hydroxyl groups is 1. The van der Waals surface area contributed by atoms with Crippen LogP contribution in [0.15, 0.2) is 36.7 Å². The Balaban J connectivity index is 1.87. The predicted molar refractivity (Wildman–Crippen MR) is 89.0 cm³/mol. The second-order valence-electron chi connectivity index (χ2n) is 6.03. The number of aromatic nitrogens is 2. The molecule has 0 radical (unpaired) electrons. The van der Waals surface area contributed by atoms with Crippen molar-refractivity contribution in [3.05, 3.63) is 48.0 Å². The lowest BCUT2D eigenvalue weighted by Crippen LogP contribution is -2.37. The van der Waals surface area contributed by atoms with E-state index in [1.807, 2.05) is 23.8 Å². The minimum Gasteiger partial charge on any atom is -0.508 e. The Morgan fingerprint density at radius 2 is 2.13 bits per heavy atom. The number of imidazole rings is 1. The maximum atomic E-state index is 12.0. The molecule has 0 bridgehead atoms. The molecule has 0 aliphatic rings. The van der Waals surface area contributed by atoms with Crippen molar-refractivity contribution < 1.29 is 9.90 Å². The van der Waals surface area contributed by atoms with E-state index in [2.05, 4.69) is 29.5 Å². The van der Waals surface area contributed by atoms with E-state index in [0.717, 1.165) is 17.9 Å². The van der Waals surface area contributed by atoms with Crippen molar-refractivity contribution >= 4 is 6.03 Å². The number of amides is 2. The number of urea groups is 1. The monoisotopic (exact) mass is 316 g/mol. The summed E-state index contributed by atoms with van der Waals surface area (Å²) in [5.74, 6) is 1.54. The molecule has 2 amide bonds. The number of phenols is 1. The van der Waals surface area contributed by atoms with Crippen LogP contribution < -0.4 is 10.6 Å². The van der Waals surface area contributed by atoms with E-state index in [1.165, 1.54) is 0 Å². The molecule has 23 heavy (non-hydrogen) atoms. The number of carbonyl (C=O) groups is 1. The summed E-state index contributed by atoms with van der Waals surface area (Å²) in [5.41, 5.74) is 0.849. The maximum Gasteiger partial charge on any atom is 0.315 e. The summed E-state index contributed by atoms with van der Waals surface area (Å²) < 4.78 is 2.05.